The molecule has 0 atom stereocenters. The maximum Gasteiger partial charge on any atom is 0.234 e. The number of aryl methyl sites for hydroxylation is 1. The lowest BCUT2D eigenvalue weighted by atomic mass is 10.1. The number of carbonyl (C=O) groups is 2. The number of carbonyl (C=O) groups excluding carboxylic acids is 2. The highest BCUT2D eigenvalue weighted by Crippen LogP contribution is 2.16. The van der Waals surface area contributed by atoms with Crippen molar-refractivity contribution in [3.63, 3.8) is 0 Å². The maximum atomic E-state index is 12.0. The van der Waals surface area contributed by atoms with Gasteiger partial charge in [0.05, 0.1) is 5.75 Å². The monoisotopic (exact) mass is 342 g/mol. The van der Waals surface area contributed by atoms with Crippen LogP contribution in [0.5, 0.6) is 0 Å². The summed E-state index contributed by atoms with van der Waals surface area (Å²) in [6, 6.07) is 17.5. The second-order valence-corrected chi connectivity index (χ2v) is 6.56. The molecule has 0 radical (unpaired) electrons. The quantitative estimate of drug-likeness (QED) is 0.714. The number of benzene rings is 2. The Kier molecular flexibility index (Phi) is 7.36. The Morgan fingerprint density at radius 3 is 2.38 bits per heavy atom. The largest absolute Gasteiger partial charge is 0.326 e. The van der Waals surface area contributed by atoms with Gasteiger partial charge >= 0.3 is 0 Å². The predicted molar refractivity (Wildman–Crippen MR) is 101 cm³/mol. The molecule has 4 nitrogen and oxygen atoms in total. The highest BCUT2D eigenvalue weighted by molar-refractivity contribution is 7.99. The first-order valence-corrected chi connectivity index (χ1v) is 9.08. The SMILES string of the molecule is CC(=O)Nc1cccc(NC(=O)CSCCCc2ccccc2)c1. The van der Waals surface area contributed by atoms with Crippen LogP contribution in [0, 0.1) is 0 Å². The fourth-order valence-corrected chi connectivity index (χ4v) is 3.01. The van der Waals surface area contributed by atoms with Crippen LogP contribution >= 0.6 is 11.8 Å². The molecule has 126 valence electrons. The van der Waals surface area contributed by atoms with Crippen LogP contribution < -0.4 is 10.6 Å². The highest BCUT2D eigenvalue weighted by atomic mass is 32.2. The lowest BCUT2D eigenvalue weighted by Gasteiger charge is -2.08. The first-order chi connectivity index (χ1) is 11.6. The average molecular weight is 342 g/mol. The van der Waals surface area contributed by atoms with E-state index in [1.165, 1.54) is 12.5 Å². The molecule has 0 bridgehead atoms. The normalized spacial score (nSPS) is 10.2. The molecule has 2 amide bonds. The summed E-state index contributed by atoms with van der Waals surface area (Å²) in [5.74, 6) is 1.22. The van der Waals surface area contributed by atoms with Gasteiger partial charge in [-0.3, -0.25) is 9.59 Å². The van der Waals surface area contributed by atoms with Crippen molar-refractivity contribution < 1.29 is 9.59 Å². The standard InChI is InChI=1S/C19H22N2O2S/c1-15(22)20-17-10-5-11-18(13-17)21-19(23)14-24-12-6-9-16-7-3-2-4-8-16/h2-5,7-8,10-11,13H,6,9,12,14H2,1H3,(H,20,22)(H,21,23). The molecule has 0 aliphatic rings. The molecule has 0 aliphatic carbocycles. The van der Waals surface area contributed by atoms with Gasteiger partial charge in [0.25, 0.3) is 0 Å². The zero-order chi connectivity index (χ0) is 17.2. The van der Waals surface area contributed by atoms with Gasteiger partial charge in [0.1, 0.15) is 0 Å². The van der Waals surface area contributed by atoms with Crippen molar-refractivity contribution in [2.45, 2.75) is 19.8 Å². The molecule has 5 heteroatoms. The number of thioether (sulfide) groups is 1. The van der Waals surface area contributed by atoms with Crippen molar-refractivity contribution in [3.05, 3.63) is 60.2 Å². The van der Waals surface area contributed by atoms with Crippen molar-refractivity contribution >= 4 is 35.0 Å². The molecule has 24 heavy (non-hydrogen) atoms. The van der Waals surface area contributed by atoms with Crippen LogP contribution in [0.1, 0.15) is 18.9 Å². The smallest absolute Gasteiger partial charge is 0.234 e. The molecule has 2 aromatic rings. The first-order valence-electron chi connectivity index (χ1n) is 7.92. The van der Waals surface area contributed by atoms with Gasteiger partial charge in [-0.25, -0.2) is 0 Å². The number of anilines is 2. The predicted octanol–water partition coefficient (Wildman–Crippen LogP) is 3.95. The lowest BCUT2D eigenvalue weighted by Crippen LogP contribution is -2.14. The van der Waals surface area contributed by atoms with Crippen LogP contribution in [0.2, 0.25) is 0 Å². The Morgan fingerprint density at radius 1 is 0.958 bits per heavy atom. The van der Waals surface area contributed by atoms with Gasteiger partial charge in [-0.15, -0.1) is 0 Å². The maximum absolute atomic E-state index is 12.0. The summed E-state index contributed by atoms with van der Waals surface area (Å²) < 4.78 is 0. The van der Waals surface area contributed by atoms with Crippen LogP contribution in [0.25, 0.3) is 0 Å². The van der Waals surface area contributed by atoms with Crippen LogP contribution in [0.4, 0.5) is 11.4 Å². The number of nitrogens with one attached hydrogen (secondary N) is 2. The minimum Gasteiger partial charge on any atom is -0.326 e. The van der Waals surface area contributed by atoms with E-state index in [1.807, 2.05) is 24.3 Å². The Hall–Kier alpha value is -2.27. The second-order valence-electron chi connectivity index (χ2n) is 5.45. The minimum absolute atomic E-state index is 0.0281. The molecule has 0 spiro atoms. The van der Waals surface area contributed by atoms with Crippen LogP contribution in [-0.4, -0.2) is 23.3 Å². The van der Waals surface area contributed by atoms with Crippen molar-refractivity contribution in [3.8, 4) is 0 Å². The molecular weight excluding hydrogens is 320 g/mol. The number of rotatable bonds is 8. The van der Waals surface area contributed by atoms with Gasteiger partial charge < -0.3 is 10.6 Å². The molecular formula is C19H22N2O2S. The van der Waals surface area contributed by atoms with Crippen molar-refractivity contribution in [1.29, 1.82) is 0 Å². The topological polar surface area (TPSA) is 58.2 Å². The molecule has 0 saturated carbocycles. The van der Waals surface area contributed by atoms with Crippen molar-refractivity contribution in [1.82, 2.24) is 0 Å². The van der Waals surface area contributed by atoms with E-state index in [2.05, 4.69) is 22.8 Å². The van der Waals surface area contributed by atoms with Crippen LogP contribution in [0.3, 0.4) is 0 Å². The van der Waals surface area contributed by atoms with E-state index in [1.54, 1.807) is 30.0 Å². The van der Waals surface area contributed by atoms with Gasteiger partial charge in [-0.2, -0.15) is 11.8 Å². The third-order valence-corrected chi connectivity index (χ3v) is 4.34. The Morgan fingerprint density at radius 2 is 1.67 bits per heavy atom. The summed E-state index contributed by atoms with van der Waals surface area (Å²) in [5.41, 5.74) is 2.70. The van der Waals surface area contributed by atoms with Crippen LogP contribution in [0.15, 0.2) is 54.6 Å². The summed E-state index contributed by atoms with van der Waals surface area (Å²) in [6.07, 6.45) is 2.09. The zero-order valence-corrected chi connectivity index (χ0v) is 14.6. The van der Waals surface area contributed by atoms with Gasteiger partial charge in [-0.1, -0.05) is 36.4 Å². The summed E-state index contributed by atoms with van der Waals surface area (Å²) >= 11 is 1.63. The van der Waals surface area contributed by atoms with Gasteiger partial charge in [0.15, 0.2) is 0 Å². The fourth-order valence-electron chi connectivity index (χ4n) is 2.26. The highest BCUT2D eigenvalue weighted by Gasteiger charge is 2.04. The third-order valence-electron chi connectivity index (χ3n) is 3.30. The third kappa shape index (κ3) is 6.87. The Balaban J connectivity index is 1.67. The van der Waals surface area contributed by atoms with E-state index in [0.29, 0.717) is 17.1 Å². The van der Waals surface area contributed by atoms with E-state index in [-0.39, 0.29) is 11.8 Å². The average Bonchev–Trinajstić information content (AvgIpc) is 2.55. The molecule has 2 aromatic carbocycles. The van der Waals surface area contributed by atoms with Crippen LogP contribution in [-0.2, 0) is 16.0 Å². The van der Waals surface area contributed by atoms with E-state index >= 15 is 0 Å². The zero-order valence-electron chi connectivity index (χ0n) is 13.7. The second kappa shape index (κ2) is 9.78. The number of hydrogen-bond acceptors (Lipinski definition) is 3. The van der Waals surface area contributed by atoms with E-state index < -0.39 is 0 Å². The first kappa shape index (κ1) is 18.1. The van der Waals surface area contributed by atoms with Gasteiger partial charge in [0, 0.05) is 18.3 Å². The van der Waals surface area contributed by atoms with E-state index in [9.17, 15) is 9.59 Å². The summed E-state index contributed by atoms with van der Waals surface area (Å²) in [4.78, 5) is 23.0. The van der Waals surface area contributed by atoms with Gasteiger partial charge in [0.2, 0.25) is 11.8 Å². The molecule has 0 aromatic heterocycles. The molecule has 0 aliphatic heterocycles. The van der Waals surface area contributed by atoms with E-state index in [0.717, 1.165) is 18.6 Å². The Bertz CT molecular complexity index is 674. The molecule has 0 heterocycles. The molecule has 2 N–H and O–H groups in total. The molecule has 0 fully saturated rings. The van der Waals surface area contributed by atoms with Crippen molar-refractivity contribution in [2.24, 2.45) is 0 Å². The molecule has 0 unspecified atom stereocenters. The molecule has 2 rings (SSSR count). The Labute approximate surface area is 147 Å². The minimum atomic E-state index is -0.132. The fraction of sp³-hybridized carbons (Fsp3) is 0.263. The molecule has 0 saturated heterocycles. The van der Waals surface area contributed by atoms with E-state index in [4.69, 9.17) is 0 Å². The summed E-state index contributed by atoms with van der Waals surface area (Å²) in [5, 5.41) is 5.55. The van der Waals surface area contributed by atoms with Crippen molar-refractivity contribution in [2.75, 3.05) is 22.1 Å². The summed E-state index contributed by atoms with van der Waals surface area (Å²) in [7, 11) is 0. The summed E-state index contributed by atoms with van der Waals surface area (Å²) in [6.45, 7) is 1.46. The number of hydrogen-bond donors (Lipinski definition) is 2. The lowest BCUT2D eigenvalue weighted by molar-refractivity contribution is -0.114. The number of amides is 2. The van der Waals surface area contributed by atoms with Gasteiger partial charge in [-0.05, 0) is 42.4 Å².